The van der Waals surface area contributed by atoms with Crippen LogP contribution in [0, 0.1) is 0 Å². The van der Waals surface area contributed by atoms with E-state index in [9.17, 15) is 0 Å². The van der Waals surface area contributed by atoms with Crippen molar-refractivity contribution >= 4 is 5.69 Å². The second-order valence-electron chi connectivity index (χ2n) is 3.09. The van der Waals surface area contributed by atoms with E-state index < -0.39 is 0 Å². The van der Waals surface area contributed by atoms with Crippen molar-refractivity contribution in [3.05, 3.63) is 29.8 Å². The first-order valence-corrected chi connectivity index (χ1v) is 4.79. The summed E-state index contributed by atoms with van der Waals surface area (Å²) in [5, 5.41) is 11.8. The number of hydrogen-bond acceptors (Lipinski definition) is 3. The SMILES string of the molecule is COCCc1cccc(NCCO)c1. The number of rotatable bonds is 6. The molecule has 78 valence electrons. The number of benzene rings is 1. The average Bonchev–Trinajstić information content (AvgIpc) is 2.24. The highest BCUT2D eigenvalue weighted by Gasteiger charge is 1.94. The van der Waals surface area contributed by atoms with Crippen LogP contribution in [0.3, 0.4) is 0 Å². The Balaban J connectivity index is 2.50. The molecule has 0 unspecified atom stereocenters. The predicted octanol–water partition coefficient (Wildman–Crippen LogP) is 1.28. The molecule has 0 bridgehead atoms. The lowest BCUT2D eigenvalue weighted by atomic mass is 10.1. The summed E-state index contributed by atoms with van der Waals surface area (Å²) in [5.74, 6) is 0. The normalized spacial score (nSPS) is 10.1. The lowest BCUT2D eigenvalue weighted by Gasteiger charge is -2.06. The van der Waals surface area contributed by atoms with Gasteiger partial charge < -0.3 is 15.2 Å². The molecule has 0 saturated carbocycles. The molecular weight excluding hydrogens is 178 g/mol. The third-order valence-electron chi connectivity index (χ3n) is 1.96. The van der Waals surface area contributed by atoms with Crippen molar-refractivity contribution in [2.75, 3.05) is 32.2 Å². The average molecular weight is 195 g/mol. The van der Waals surface area contributed by atoms with Gasteiger partial charge in [-0.05, 0) is 24.1 Å². The zero-order chi connectivity index (χ0) is 10.2. The van der Waals surface area contributed by atoms with Gasteiger partial charge >= 0.3 is 0 Å². The van der Waals surface area contributed by atoms with Gasteiger partial charge in [0.05, 0.1) is 13.2 Å². The second kappa shape index (κ2) is 6.40. The standard InChI is InChI=1S/C11H17NO2/c1-14-8-5-10-3-2-4-11(9-10)12-6-7-13/h2-4,9,12-13H,5-8H2,1H3. The first-order chi connectivity index (χ1) is 6.86. The van der Waals surface area contributed by atoms with Crippen molar-refractivity contribution in [2.24, 2.45) is 0 Å². The minimum atomic E-state index is 0.155. The Morgan fingerprint density at radius 2 is 2.29 bits per heavy atom. The Bertz CT molecular complexity index is 240. The highest BCUT2D eigenvalue weighted by molar-refractivity contribution is 5.45. The van der Waals surface area contributed by atoms with Crippen LogP contribution in [-0.2, 0) is 11.2 Å². The number of hydrogen-bond donors (Lipinski definition) is 2. The first kappa shape index (κ1) is 11.0. The molecular formula is C11H17NO2. The number of ether oxygens (including phenoxy) is 1. The van der Waals surface area contributed by atoms with Gasteiger partial charge in [0.1, 0.15) is 0 Å². The maximum Gasteiger partial charge on any atom is 0.0604 e. The Morgan fingerprint density at radius 3 is 3.00 bits per heavy atom. The molecule has 0 fully saturated rings. The monoisotopic (exact) mass is 195 g/mol. The molecule has 3 heteroatoms. The van der Waals surface area contributed by atoms with E-state index in [1.807, 2.05) is 12.1 Å². The van der Waals surface area contributed by atoms with Crippen LogP contribution in [0.5, 0.6) is 0 Å². The molecule has 14 heavy (non-hydrogen) atoms. The van der Waals surface area contributed by atoms with Crippen LogP contribution in [0.15, 0.2) is 24.3 Å². The van der Waals surface area contributed by atoms with Crippen molar-refractivity contribution in [1.82, 2.24) is 0 Å². The molecule has 0 radical (unpaired) electrons. The molecule has 2 N–H and O–H groups in total. The van der Waals surface area contributed by atoms with Crippen molar-refractivity contribution in [3.63, 3.8) is 0 Å². The number of aliphatic hydroxyl groups excluding tert-OH is 1. The van der Waals surface area contributed by atoms with Crippen LogP contribution in [0.1, 0.15) is 5.56 Å². The number of anilines is 1. The molecule has 1 rings (SSSR count). The van der Waals surface area contributed by atoms with Crippen molar-refractivity contribution in [2.45, 2.75) is 6.42 Å². The summed E-state index contributed by atoms with van der Waals surface area (Å²) in [6.45, 7) is 1.49. The van der Waals surface area contributed by atoms with Gasteiger partial charge in [-0.3, -0.25) is 0 Å². The van der Waals surface area contributed by atoms with E-state index in [2.05, 4.69) is 17.4 Å². The van der Waals surface area contributed by atoms with Crippen LogP contribution < -0.4 is 5.32 Å². The van der Waals surface area contributed by atoms with Crippen molar-refractivity contribution in [1.29, 1.82) is 0 Å². The lowest BCUT2D eigenvalue weighted by Crippen LogP contribution is -2.05. The third-order valence-corrected chi connectivity index (χ3v) is 1.96. The number of methoxy groups -OCH3 is 1. The van der Waals surface area contributed by atoms with Gasteiger partial charge in [0.25, 0.3) is 0 Å². The maximum absolute atomic E-state index is 8.66. The minimum Gasteiger partial charge on any atom is -0.395 e. The van der Waals surface area contributed by atoms with E-state index in [0.29, 0.717) is 6.54 Å². The quantitative estimate of drug-likeness (QED) is 0.718. The molecule has 0 aliphatic heterocycles. The Labute approximate surface area is 84.7 Å². The summed E-state index contributed by atoms with van der Waals surface area (Å²) in [6.07, 6.45) is 0.922. The molecule has 0 saturated heterocycles. The van der Waals surface area contributed by atoms with Gasteiger partial charge in [0, 0.05) is 19.3 Å². The number of nitrogens with one attached hydrogen (secondary N) is 1. The van der Waals surface area contributed by atoms with Crippen LogP contribution in [-0.4, -0.2) is 32.0 Å². The highest BCUT2D eigenvalue weighted by Crippen LogP contribution is 2.10. The third kappa shape index (κ3) is 3.77. The molecule has 0 aliphatic rings. The largest absolute Gasteiger partial charge is 0.395 e. The van der Waals surface area contributed by atoms with E-state index in [4.69, 9.17) is 9.84 Å². The summed E-state index contributed by atoms with van der Waals surface area (Å²) < 4.78 is 5.01. The maximum atomic E-state index is 8.66. The Morgan fingerprint density at radius 1 is 1.43 bits per heavy atom. The van der Waals surface area contributed by atoms with Gasteiger partial charge in [0.15, 0.2) is 0 Å². The van der Waals surface area contributed by atoms with E-state index in [-0.39, 0.29) is 6.61 Å². The van der Waals surface area contributed by atoms with Gasteiger partial charge in [-0.25, -0.2) is 0 Å². The molecule has 3 nitrogen and oxygen atoms in total. The molecule has 0 heterocycles. The predicted molar refractivity (Wildman–Crippen MR) is 57.6 cm³/mol. The van der Waals surface area contributed by atoms with Gasteiger partial charge in [-0.2, -0.15) is 0 Å². The molecule has 0 atom stereocenters. The number of aliphatic hydroxyl groups is 1. The zero-order valence-corrected chi connectivity index (χ0v) is 8.49. The summed E-state index contributed by atoms with van der Waals surface area (Å²) >= 11 is 0. The zero-order valence-electron chi connectivity index (χ0n) is 8.49. The summed E-state index contributed by atoms with van der Waals surface area (Å²) in [4.78, 5) is 0. The fourth-order valence-electron chi connectivity index (χ4n) is 1.26. The summed E-state index contributed by atoms with van der Waals surface area (Å²) in [7, 11) is 1.70. The molecule has 0 spiro atoms. The molecule has 1 aromatic carbocycles. The molecule has 0 aromatic heterocycles. The first-order valence-electron chi connectivity index (χ1n) is 4.79. The summed E-state index contributed by atoms with van der Waals surface area (Å²) in [5.41, 5.74) is 2.29. The van der Waals surface area contributed by atoms with E-state index in [1.165, 1.54) is 5.56 Å². The Kier molecular flexibility index (Phi) is 5.04. The van der Waals surface area contributed by atoms with Crippen molar-refractivity contribution in [3.8, 4) is 0 Å². The van der Waals surface area contributed by atoms with Crippen LogP contribution in [0.25, 0.3) is 0 Å². The van der Waals surface area contributed by atoms with E-state index in [1.54, 1.807) is 7.11 Å². The van der Waals surface area contributed by atoms with E-state index in [0.717, 1.165) is 18.7 Å². The molecule has 0 amide bonds. The van der Waals surface area contributed by atoms with Crippen LogP contribution in [0.2, 0.25) is 0 Å². The Hall–Kier alpha value is -1.06. The minimum absolute atomic E-state index is 0.155. The van der Waals surface area contributed by atoms with Gasteiger partial charge in [0.2, 0.25) is 0 Å². The smallest absolute Gasteiger partial charge is 0.0604 e. The van der Waals surface area contributed by atoms with Crippen LogP contribution in [0.4, 0.5) is 5.69 Å². The van der Waals surface area contributed by atoms with Crippen molar-refractivity contribution < 1.29 is 9.84 Å². The van der Waals surface area contributed by atoms with Crippen LogP contribution >= 0.6 is 0 Å². The fraction of sp³-hybridized carbons (Fsp3) is 0.455. The second-order valence-corrected chi connectivity index (χ2v) is 3.09. The molecule has 1 aromatic rings. The molecule has 0 aliphatic carbocycles. The topological polar surface area (TPSA) is 41.5 Å². The lowest BCUT2D eigenvalue weighted by molar-refractivity contribution is 0.202. The van der Waals surface area contributed by atoms with Gasteiger partial charge in [-0.1, -0.05) is 12.1 Å². The highest BCUT2D eigenvalue weighted by atomic mass is 16.5. The summed E-state index contributed by atoms with van der Waals surface area (Å²) in [6, 6.07) is 8.15. The van der Waals surface area contributed by atoms with Gasteiger partial charge in [-0.15, -0.1) is 0 Å². The fourth-order valence-corrected chi connectivity index (χ4v) is 1.26. The van der Waals surface area contributed by atoms with E-state index >= 15 is 0 Å².